The molecule has 0 aliphatic carbocycles. The maximum Gasteiger partial charge on any atom is 0.348 e. The second-order valence-corrected chi connectivity index (χ2v) is 3.65. The number of aromatic amines is 1. The van der Waals surface area contributed by atoms with E-state index in [-0.39, 0.29) is 5.69 Å². The lowest BCUT2D eigenvalue weighted by atomic mass is 10.1. The van der Waals surface area contributed by atoms with Gasteiger partial charge in [-0.05, 0) is 12.5 Å². The van der Waals surface area contributed by atoms with Crippen LogP contribution in [-0.2, 0) is 6.42 Å². The van der Waals surface area contributed by atoms with Gasteiger partial charge in [-0.1, -0.05) is 25.1 Å². The van der Waals surface area contributed by atoms with Crippen LogP contribution in [0.15, 0.2) is 33.5 Å². The minimum atomic E-state index is -0.358. The van der Waals surface area contributed by atoms with Gasteiger partial charge in [-0.2, -0.15) is 4.98 Å². The summed E-state index contributed by atoms with van der Waals surface area (Å²) in [6.45, 7) is 1.99. The van der Waals surface area contributed by atoms with Crippen molar-refractivity contribution >= 4 is 22.1 Å². The number of H-pyrrole nitrogens is 1. The second kappa shape index (κ2) is 3.20. The molecule has 0 aliphatic rings. The lowest BCUT2D eigenvalue weighted by Gasteiger charge is -1.96. The molecule has 3 aromatic rings. The van der Waals surface area contributed by atoms with E-state index in [1.807, 2.05) is 31.2 Å². The fourth-order valence-corrected chi connectivity index (χ4v) is 1.98. The molecule has 0 atom stereocenters. The highest BCUT2D eigenvalue weighted by atomic mass is 16.3. The van der Waals surface area contributed by atoms with Crippen molar-refractivity contribution in [1.82, 2.24) is 9.97 Å². The number of para-hydroxylation sites is 1. The molecule has 4 heteroatoms. The van der Waals surface area contributed by atoms with Crippen LogP contribution in [0.2, 0.25) is 0 Å². The summed E-state index contributed by atoms with van der Waals surface area (Å²) >= 11 is 0. The predicted molar refractivity (Wildman–Crippen MR) is 61.5 cm³/mol. The van der Waals surface area contributed by atoms with Crippen LogP contribution in [0.25, 0.3) is 22.1 Å². The second-order valence-electron chi connectivity index (χ2n) is 3.65. The Bertz CT molecular complexity index is 725. The number of fused-ring (bicyclic) bond motifs is 3. The Labute approximate surface area is 90.9 Å². The number of hydrogen-bond acceptors (Lipinski definition) is 3. The Hall–Kier alpha value is -2.10. The highest BCUT2D eigenvalue weighted by Crippen LogP contribution is 2.28. The van der Waals surface area contributed by atoms with Crippen molar-refractivity contribution in [2.75, 3.05) is 0 Å². The smallest absolute Gasteiger partial charge is 0.348 e. The molecule has 3 rings (SSSR count). The van der Waals surface area contributed by atoms with E-state index in [2.05, 4.69) is 9.97 Å². The standard InChI is InChI=1S/C12H10N2O2/c1-2-8-10-7-5-3-4-6-9(7)16-11(10)14-12(15)13-8/h3-6H,2H2,1H3,(H,13,14,15). The molecule has 0 aliphatic heterocycles. The summed E-state index contributed by atoms with van der Waals surface area (Å²) in [5.74, 6) is 0. The molecule has 0 saturated carbocycles. The minimum Gasteiger partial charge on any atom is -0.437 e. The van der Waals surface area contributed by atoms with Crippen LogP contribution in [0.1, 0.15) is 12.6 Å². The molecule has 16 heavy (non-hydrogen) atoms. The van der Waals surface area contributed by atoms with Crippen LogP contribution < -0.4 is 5.69 Å². The molecular formula is C12H10N2O2. The maximum atomic E-state index is 11.3. The average molecular weight is 214 g/mol. The number of rotatable bonds is 1. The molecule has 0 radical (unpaired) electrons. The summed E-state index contributed by atoms with van der Waals surface area (Å²) < 4.78 is 5.54. The summed E-state index contributed by atoms with van der Waals surface area (Å²) in [5, 5.41) is 1.91. The molecule has 1 aromatic carbocycles. The number of nitrogens with one attached hydrogen (secondary N) is 1. The third-order valence-electron chi connectivity index (χ3n) is 2.69. The zero-order valence-electron chi connectivity index (χ0n) is 8.78. The molecule has 0 spiro atoms. The zero-order chi connectivity index (χ0) is 11.1. The normalized spacial score (nSPS) is 11.3. The summed E-state index contributed by atoms with van der Waals surface area (Å²) in [5.41, 5.74) is 1.70. The van der Waals surface area contributed by atoms with Crippen LogP contribution in [0.3, 0.4) is 0 Å². The van der Waals surface area contributed by atoms with Gasteiger partial charge in [-0.3, -0.25) is 0 Å². The van der Waals surface area contributed by atoms with E-state index >= 15 is 0 Å². The first-order valence-electron chi connectivity index (χ1n) is 5.20. The Morgan fingerprint density at radius 3 is 3.00 bits per heavy atom. The number of hydrogen-bond donors (Lipinski definition) is 1. The van der Waals surface area contributed by atoms with Crippen molar-refractivity contribution in [2.45, 2.75) is 13.3 Å². The van der Waals surface area contributed by atoms with Gasteiger partial charge >= 0.3 is 5.69 Å². The first-order valence-corrected chi connectivity index (χ1v) is 5.20. The lowest BCUT2D eigenvalue weighted by molar-refractivity contribution is 0.649. The van der Waals surface area contributed by atoms with Gasteiger partial charge < -0.3 is 9.40 Å². The number of furan rings is 1. The topological polar surface area (TPSA) is 58.9 Å². The number of nitrogens with zero attached hydrogens (tertiary/aromatic N) is 1. The summed E-state index contributed by atoms with van der Waals surface area (Å²) in [6, 6.07) is 7.70. The van der Waals surface area contributed by atoms with Gasteiger partial charge in [0.2, 0.25) is 5.71 Å². The molecule has 0 bridgehead atoms. The summed E-state index contributed by atoms with van der Waals surface area (Å²) in [6.07, 6.45) is 0.748. The highest BCUT2D eigenvalue weighted by molar-refractivity contribution is 6.04. The first-order chi connectivity index (χ1) is 7.79. The van der Waals surface area contributed by atoms with Gasteiger partial charge in [0.25, 0.3) is 0 Å². The van der Waals surface area contributed by atoms with Gasteiger partial charge in [0.05, 0.1) is 5.39 Å². The van der Waals surface area contributed by atoms with Crippen LogP contribution in [0.5, 0.6) is 0 Å². The van der Waals surface area contributed by atoms with Gasteiger partial charge in [0.15, 0.2) is 0 Å². The Morgan fingerprint density at radius 1 is 1.38 bits per heavy atom. The third kappa shape index (κ3) is 1.16. The zero-order valence-corrected chi connectivity index (χ0v) is 8.78. The van der Waals surface area contributed by atoms with Crippen LogP contribution in [0.4, 0.5) is 0 Å². The van der Waals surface area contributed by atoms with Crippen LogP contribution >= 0.6 is 0 Å². The van der Waals surface area contributed by atoms with Gasteiger partial charge in [-0.15, -0.1) is 0 Å². The molecule has 0 amide bonds. The van der Waals surface area contributed by atoms with Gasteiger partial charge in [-0.25, -0.2) is 4.79 Å². The average Bonchev–Trinajstić information content (AvgIpc) is 2.65. The number of aromatic nitrogens is 2. The van der Waals surface area contributed by atoms with Crippen molar-refractivity contribution in [1.29, 1.82) is 0 Å². The van der Waals surface area contributed by atoms with Gasteiger partial charge in [0.1, 0.15) is 5.58 Å². The number of benzene rings is 1. The predicted octanol–water partition coefficient (Wildman–Crippen LogP) is 2.23. The molecule has 0 fully saturated rings. The van der Waals surface area contributed by atoms with E-state index in [0.717, 1.165) is 28.5 Å². The van der Waals surface area contributed by atoms with E-state index in [9.17, 15) is 4.79 Å². The molecule has 4 nitrogen and oxygen atoms in total. The fraction of sp³-hybridized carbons (Fsp3) is 0.167. The van der Waals surface area contributed by atoms with E-state index in [4.69, 9.17) is 4.42 Å². The fourth-order valence-electron chi connectivity index (χ4n) is 1.98. The molecular weight excluding hydrogens is 204 g/mol. The Balaban J connectivity index is 2.60. The first kappa shape index (κ1) is 9.15. The van der Waals surface area contributed by atoms with E-state index in [1.165, 1.54) is 0 Å². The molecule has 2 aromatic heterocycles. The lowest BCUT2D eigenvalue weighted by Crippen LogP contribution is -2.11. The summed E-state index contributed by atoms with van der Waals surface area (Å²) in [7, 11) is 0. The molecule has 1 N–H and O–H groups in total. The molecule has 0 saturated heterocycles. The molecule has 80 valence electrons. The Kier molecular flexibility index (Phi) is 1.83. The van der Waals surface area contributed by atoms with E-state index < -0.39 is 0 Å². The van der Waals surface area contributed by atoms with Crippen LogP contribution in [-0.4, -0.2) is 9.97 Å². The summed E-state index contributed by atoms with van der Waals surface area (Å²) in [4.78, 5) is 17.9. The minimum absolute atomic E-state index is 0.358. The van der Waals surface area contributed by atoms with Gasteiger partial charge in [0, 0.05) is 11.1 Å². The van der Waals surface area contributed by atoms with Crippen molar-refractivity contribution in [3.05, 3.63) is 40.4 Å². The molecule has 2 heterocycles. The SMILES string of the molecule is CCc1[nH]c(=O)nc2oc3ccccc3c12. The van der Waals surface area contributed by atoms with E-state index in [0.29, 0.717) is 5.71 Å². The van der Waals surface area contributed by atoms with E-state index in [1.54, 1.807) is 0 Å². The largest absolute Gasteiger partial charge is 0.437 e. The van der Waals surface area contributed by atoms with Crippen molar-refractivity contribution in [3.8, 4) is 0 Å². The molecule has 0 unspecified atom stereocenters. The highest BCUT2D eigenvalue weighted by Gasteiger charge is 2.11. The Morgan fingerprint density at radius 2 is 2.19 bits per heavy atom. The van der Waals surface area contributed by atoms with Crippen molar-refractivity contribution < 1.29 is 4.42 Å². The maximum absolute atomic E-state index is 11.3. The quantitative estimate of drug-likeness (QED) is 0.675. The number of aryl methyl sites for hydroxylation is 1. The monoisotopic (exact) mass is 214 g/mol. The van der Waals surface area contributed by atoms with Crippen LogP contribution in [0, 0.1) is 0 Å². The van der Waals surface area contributed by atoms with Crippen molar-refractivity contribution in [3.63, 3.8) is 0 Å². The third-order valence-corrected chi connectivity index (χ3v) is 2.69. The van der Waals surface area contributed by atoms with Crippen molar-refractivity contribution in [2.24, 2.45) is 0 Å².